The first-order valence-electron chi connectivity index (χ1n) is 5.58. The molecule has 0 saturated heterocycles. The molecular weight excluding hydrogens is 266 g/mol. The van der Waals surface area contributed by atoms with Gasteiger partial charge in [0, 0.05) is 4.90 Å². The van der Waals surface area contributed by atoms with Crippen molar-refractivity contribution in [2.24, 2.45) is 0 Å². The molecule has 1 heterocycles. The monoisotopic (exact) mass is 275 g/mol. The largest absolute Gasteiger partial charge is 0.326 e. The van der Waals surface area contributed by atoms with Crippen molar-refractivity contribution in [1.82, 2.24) is 4.31 Å². The zero-order valence-corrected chi connectivity index (χ0v) is 11.0. The van der Waals surface area contributed by atoms with Crippen molar-refractivity contribution >= 4 is 28.9 Å². The highest BCUT2D eigenvalue weighted by molar-refractivity contribution is 7.97. The summed E-state index contributed by atoms with van der Waals surface area (Å²) in [5, 5.41) is -0.438. The molecule has 1 aliphatic heterocycles. The Morgan fingerprint density at radius 2 is 1.72 bits per heavy atom. The molecule has 3 rings (SSSR count). The van der Waals surface area contributed by atoms with Crippen LogP contribution in [0, 0.1) is 0 Å². The number of carbonyl (C=O) groups is 1. The Bertz CT molecular complexity index is 567. The normalized spacial score (nSPS) is 13.5. The van der Waals surface area contributed by atoms with Gasteiger partial charge in [-0.25, -0.2) is 0 Å². The molecule has 0 atom stereocenters. The Morgan fingerprint density at radius 3 is 2.50 bits per heavy atom. The molecule has 0 radical (unpaired) electrons. The SMILES string of the molecule is O=C(Cl)N1Cc2ccccc2-c2ccccc2S1. The van der Waals surface area contributed by atoms with Crippen LogP contribution in [0.4, 0.5) is 4.79 Å². The number of fused-ring (bicyclic) bond motifs is 3. The lowest BCUT2D eigenvalue weighted by Gasteiger charge is -2.15. The first-order chi connectivity index (χ1) is 8.75. The van der Waals surface area contributed by atoms with Gasteiger partial charge in [-0.3, -0.25) is 9.10 Å². The summed E-state index contributed by atoms with van der Waals surface area (Å²) in [4.78, 5) is 12.5. The van der Waals surface area contributed by atoms with Gasteiger partial charge in [-0.2, -0.15) is 0 Å². The third-order valence-corrected chi connectivity index (χ3v) is 4.29. The third-order valence-electron chi connectivity index (χ3n) is 2.91. The summed E-state index contributed by atoms with van der Waals surface area (Å²) in [6.45, 7) is 0.526. The van der Waals surface area contributed by atoms with Gasteiger partial charge in [0.25, 0.3) is 0 Å². The van der Waals surface area contributed by atoms with Crippen molar-refractivity contribution in [1.29, 1.82) is 0 Å². The van der Waals surface area contributed by atoms with E-state index in [-0.39, 0.29) is 0 Å². The molecule has 4 heteroatoms. The van der Waals surface area contributed by atoms with E-state index in [0.29, 0.717) is 6.54 Å². The topological polar surface area (TPSA) is 20.3 Å². The molecule has 90 valence electrons. The van der Waals surface area contributed by atoms with Crippen LogP contribution in [0.3, 0.4) is 0 Å². The molecule has 1 aliphatic rings. The molecule has 2 aromatic rings. The van der Waals surface area contributed by atoms with Crippen LogP contribution in [0.1, 0.15) is 5.56 Å². The van der Waals surface area contributed by atoms with E-state index >= 15 is 0 Å². The molecule has 0 aromatic heterocycles. The maximum Gasteiger partial charge on any atom is 0.326 e. The predicted molar refractivity (Wildman–Crippen MR) is 74.5 cm³/mol. The molecule has 1 amide bonds. The lowest BCUT2D eigenvalue weighted by molar-refractivity contribution is 0.246. The van der Waals surface area contributed by atoms with Crippen LogP contribution in [-0.2, 0) is 6.54 Å². The number of hydrogen-bond acceptors (Lipinski definition) is 2. The number of rotatable bonds is 0. The van der Waals surface area contributed by atoms with Gasteiger partial charge in [0.05, 0.1) is 6.54 Å². The van der Waals surface area contributed by atoms with Crippen molar-refractivity contribution in [3.05, 3.63) is 54.1 Å². The second-order valence-corrected chi connectivity index (χ2v) is 5.42. The van der Waals surface area contributed by atoms with Crippen LogP contribution in [0.15, 0.2) is 53.4 Å². The van der Waals surface area contributed by atoms with Crippen molar-refractivity contribution in [3.63, 3.8) is 0 Å². The van der Waals surface area contributed by atoms with Crippen LogP contribution in [0.2, 0.25) is 0 Å². The van der Waals surface area contributed by atoms with Gasteiger partial charge in [-0.05, 0) is 46.3 Å². The first kappa shape index (κ1) is 11.6. The van der Waals surface area contributed by atoms with Gasteiger partial charge < -0.3 is 0 Å². The minimum absolute atomic E-state index is 0.438. The Hall–Kier alpha value is -1.45. The zero-order valence-electron chi connectivity index (χ0n) is 9.47. The molecule has 2 aromatic carbocycles. The lowest BCUT2D eigenvalue weighted by atomic mass is 10.00. The third kappa shape index (κ3) is 2.00. The Labute approximate surface area is 115 Å². The lowest BCUT2D eigenvalue weighted by Crippen LogP contribution is -2.16. The molecule has 18 heavy (non-hydrogen) atoms. The smallest absolute Gasteiger partial charge is 0.264 e. The average molecular weight is 276 g/mol. The summed E-state index contributed by atoms with van der Waals surface area (Å²) in [5.74, 6) is 0. The average Bonchev–Trinajstić information content (AvgIpc) is 2.55. The van der Waals surface area contributed by atoms with E-state index in [0.717, 1.165) is 16.0 Å². The van der Waals surface area contributed by atoms with Gasteiger partial charge in [-0.15, -0.1) is 0 Å². The maximum atomic E-state index is 11.4. The predicted octanol–water partition coefficient (Wildman–Crippen LogP) is 4.54. The molecule has 0 spiro atoms. The van der Waals surface area contributed by atoms with Gasteiger partial charge in [0.2, 0.25) is 0 Å². The Balaban J connectivity index is 2.21. The van der Waals surface area contributed by atoms with Crippen molar-refractivity contribution < 1.29 is 4.79 Å². The molecular formula is C14H10ClNOS. The number of halogens is 1. The van der Waals surface area contributed by atoms with E-state index in [1.54, 1.807) is 4.31 Å². The van der Waals surface area contributed by atoms with Crippen molar-refractivity contribution in [3.8, 4) is 11.1 Å². The first-order valence-corrected chi connectivity index (χ1v) is 6.73. The van der Waals surface area contributed by atoms with E-state index in [2.05, 4.69) is 12.1 Å². The minimum Gasteiger partial charge on any atom is -0.264 e. The molecule has 0 saturated carbocycles. The summed E-state index contributed by atoms with van der Waals surface area (Å²) in [7, 11) is 0. The molecule has 2 nitrogen and oxygen atoms in total. The van der Waals surface area contributed by atoms with Gasteiger partial charge >= 0.3 is 5.37 Å². The zero-order chi connectivity index (χ0) is 12.5. The fourth-order valence-corrected chi connectivity index (χ4v) is 3.19. The minimum atomic E-state index is -0.438. The van der Waals surface area contributed by atoms with E-state index in [1.807, 2.05) is 36.4 Å². The second-order valence-electron chi connectivity index (χ2n) is 4.03. The quantitative estimate of drug-likeness (QED) is 0.400. The number of nitrogens with zero attached hydrogens (tertiary/aromatic N) is 1. The highest BCUT2D eigenvalue weighted by Gasteiger charge is 2.22. The number of hydrogen-bond donors (Lipinski definition) is 0. The highest BCUT2D eigenvalue weighted by Crippen LogP contribution is 2.40. The summed E-state index contributed by atoms with van der Waals surface area (Å²) in [5.41, 5.74) is 3.43. The molecule has 0 aliphatic carbocycles. The van der Waals surface area contributed by atoms with Crippen LogP contribution in [0.5, 0.6) is 0 Å². The highest BCUT2D eigenvalue weighted by atomic mass is 35.5. The van der Waals surface area contributed by atoms with E-state index < -0.39 is 5.37 Å². The molecule has 0 N–H and O–H groups in total. The van der Waals surface area contributed by atoms with E-state index in [1.165, 1.54) is 17.5 Å². The molecule has 0 bridgehead atoms. The van der Waals surface area contributed by atoms with Crippen molar-refractivity contribution in [2.45, 2.75) is 11.4 Å². The van der Waals surface area contributed by atoms with Crippen LogP contribution in [-0.4, -0.2) is 9.67 Å². The summed E-state index contributed by atoms with van der Waals surface area (Å²) < 4.78 is 1.58. The Morgan fingerprint density at radius 1 is 1.06 bits per heavy atom. The Kier molecular flexibility index (Phi) is 3.02. The fraction of sp³-hybridized carbons (Fsp3) is 0.0714. The van der Waals surface area contributed by atoms with Gasteiger partial charge in [0.1, 0.15) is 0 Å². The van der Waals surface area contributed by atoms with Crippen molar-refractivity contribution in [2.75, 3.05) is 0 Å². The van der Waals surface area contributed by atoms with E-state index in [9.17, 15) is 4.79 Å². The standard InChI is InChI=1S/C14H10ClNOS/c15-14(17)16-9-10-5-1-2-6-11(10)12-7-3-4-8-13(12)18-16/h1-8H,9H2. The fourth-order valence-electron chi connectivity index (χ4n) is 2.09. The second kappa shape index (κ2) is 4.67. The van der Waals surface area contributed by atoms with Crippen LogP contribution in [0.25, 0.3) is 11.1 Å². The molecule has 0 unspecified atom stereocenters. The number of benzene rings is 2. The number of carbonyl (C=O) groups excluding carboxylic acids is 1. The van der Waals surface area contributed by atoms with Crippen LogP contribution < -0.4 is 0 Å². The van der Waals surface area contributed by atoms with Gasteiger partial charge in [0.15, 0.2) is 0 Å². The van der Waals surface area contributed by atoms with E-state index in [4.69, 9.17) is 11.6 Å². The van der Waals surface area contributed by atoms with Gasteiger partial charge in [-0.1, -0.05) is 42.5 Å². The summed E-state index contributed by atoms with van der Waals surface area (Å²) in [6, 6.07) is 16.2. The summed E-state index contributed by atoms with van der Waals surface area (Å²) >= 11 is 7.02. The van der Waals surface area contributed by atoms with Crippen LogP contribution >= 0.6 is 23.5 Å². The maximum absolute atomic E-state index is 11.4. The number of amides is 1. The summed E-state index contributed by atoms with van der Waals surface area (Å²) in [6.07, 6.45) is 0. The molecule has 0 fully saturated rings.